The number of carbonyl (C=O) groups excluding carboxylic acids is 1. The number of morpholine rings is 1. The summed E-state index contributed by atoms with van der Waals surface area (Å²) in [4.78, 5) is 23.3. The van der Waals surface area contributed by atoms with Gasteiger partial charge in [0.2, 0.25) is 5.95 Å². The minimum Gasteiger partial charge on any atom is -0.378 e. The Morgan fingerprint density at radius 1 is 1.19 bits per heavy atom. The zero-order valence-electron chi connectivity index (χ0n) is 15.0. The molecule has 1 saturated heterocycles. The van der Waals surface area contributed by atoms with Gasteiger partial charge in [0, 0.05) is 43.0 Å². The Balaban J connectivity index is 1.52. The third kappa shape index (κ3) is 5.45. The number of hydrogen-bond acceptors (Lipinski definition) is 6. The molecule has 0 atom stereocenters. The highest BCUT2D eigenvalue weighted by molar-refractivity contribution is 6.36. The van der Waals surface area contributed by atoms with Gasteiger partial charge >= 0.3 is 0 Å². The topological polar surface area (TPSA) is 79.4 Å². The van der Waals surface area contributed by atoms with Crippen molar-refractivity contribution in [2.24, 2.45) is 0 Å². The highest BCUT2D eigenvalue weighted by Gasteiger charge is 2.14. The maximum atomic E-state index is 12.2. The number of anilines is 2. The molecule has 3 rings (SSSR count). The average molecular weight is 410 g/mol. The van der Waals surface area contributed by atoms with E-state index in [4.69, 9.17) is 27.9 Å². The largest absolute Gasteiger partial charge is 0.378 e. The minimum atomic E-state index is -0.252. The van der Waals surface area contributed by atoms with Crippen LogP contribution in [0.1, 0.15) is 16.1 Å². The van der Waals surface area contributed by atoms with Crippen molar-refractivity contribution in [1.82, 2.24) is 15.3 Å². The van der Waals surface area contributed by atoms with Crippen LogP contribution in [0.4, 0.5) is 11.8 Å². The van der Waals surface area contributed by atoms with Crippen molar-refractivity contribution in [1.29, 1.82) is 0 Å². The smallest absolute Gasteiger partial charge is 0.252 e. The van der Waals surface area contributed by atoms with Crippen LogP contribution in [0.25, 0.3) is 0 Å². The quantitative estimate of drug-likeness (QED) is 0.714. The monoisotopic (exact) mass is 409 g/mol. The molecule has 7 nitrogen and oxygen atoms in total. The molecule has 1 aliphatic rings. The number of aryl methyl sites for hydroxylation is 1. The van der Waals surface area contributed by atoms with Crippen molar-refractivity contribution in [2.75, 3.05) is 49.6 Å². The second-order valence-corrected chi connectivity index (χ2v) is 6.94. The van der Waals surface area contributed by atoms with Crippen molar-refractivity contribution in [2.45, 2.75) is 6.92 Å². The molecular weight excluding hydrogens is 389 g/mol. The molecule has 0 radical (unpaired) electrons. The molecular formula is C18H21Cl2N5O2. The van der Waals surface area contributed by atoms with Gasteiger partial charge in [-0.1, -0.05) is 23.2 Å². The van der Waals surface area contributed by atoms with Crippen molar-refractivity contribution >= 4 is 40.9 Å². The van der Waals surface area contributed by atoms with Crippen LogP contribution in [0.2, 0.25) is 10.0 Å². The lowest BCUT2D eigenvalue weighted by molar-refractivity contribution is 0.0955. The van der Waals surface area contributed by atoms with E-state index in [1.54, 1.807) is 18.2 Å². The number of ether oxygens (including phenoxy) is 1. The Morgan fingerprint density at radius 2 is 1.96 bits per heavy atom. The SMILES string of the molecule is Cc1cc(N2CCOCC2)nc(NCCNC(=O)c2ccc(Cl)cc2Cl)n1. The molecule has 1 amide bonds. The van der Waals surface area contributed by atoms with Gasteiger partial charge < -0.3 is 20.3 Å². The Hall–Kier alpha value is -2.09. The number of benzene rings is 1. The summed E-state index contributed by atoms with van der Waals surface area (Å²) in [6.07, 6.45) is 0. The zero-order valence-corrected chi connectivity index (χ0v) is 16.5. The van der Waals surface area contributed by atoms with E-state index in [-0.39, 0.29) is 5.91 Å². The average Bonchev–Trinajstić information content (AvgIpc) is 2.65. The molecule has 1 aliphatic heterocycles. The third-order valence-corrected chi connectivity index (χ3v) is 4.59. The van der Waals surface area contributed by atoms with Gasteiger partial charge in [0.05, 0.1) is 23.8 Å². The van der Waals surface area contributed by atoms with Crippen LogP contribution in [0.15, 0.2) is 24.3 Å². The lowest BCUT2D eigenvalue weighted by Crippen LogP contribution is -2.37. The molecule has 1 aromatic carbocycles. The molecule has 0 aliphatic carbocycles. The molecule has 0 spiro atoms. The van der Waals surface area contributed by atoms with Crippen LogP contribution in [0.3, 0.4) is 0 Å². The maximum Gasteiger partial charge on any atom is 0.252 e. The molecule has 9 heteroatoms. The molecule has 2 aromatic rings. The first-order valence-electron chi connectivity index (χ1n) is 8.68. The summed E-state index contributed by atoms with van der Waals surface area (Å²) >= 11 is 11.9. The van der Waals surface area contributed by atoms with Crippen LogP contribution in [0, 0.1) is 6.92 Å². The summed E-state index contributed by atoms with van der Waals surface area (Å²) in [6, 6.07) is 6.74. The van der Waals surface area contributed by atoms with Crippen LogP contribution < -0.4 is 15.5 Å². The lowest BCUT2D eigenvalue weighted by Gasteiger charge is -2.28. The number of amides is 1. The highest BCUT2D eigenvalue weighted by atomic mass is 35.5. The number of hydrogen-bond donors (Lipinski definition) is 2. The van der Waals surface area contributed by atoms with E-state index in [1.807, 2.05) is 13.0 Å². The highest BCUT2D eigenvalue weighted by Crippen LogP contribution is 2.20. The maximum absolute atomic E-state index is 12.2. The van der Waals surface area contributed by atoms with E-state index in [0.29, 0.717) is 47.9 Å². The summed E-state index contributed by atoms with van der Waals surface area (Å²) < 4.78 is 5.38. The number of halogens is 2. The van der Waals surface area contributed by atoms with Gasteiger partial charge in [-0.2, -0.15) is 4.98 Å². The summed E-state index contributed by atoms with van der Waals surface area (Å²) in [5.74, 6) is 1.16. The Bertz CT molecular complexity index is 812. The van der Waals surface area contributed by atoms with Gasteiger partial charge in [-0.3, -0.25) is 4.79 Å². The van der Waals surface area contributed by atoms with Gasteiger partial charge in [-0.05, 0) is 25.1 Å². The van der Waals surface area contributed by atoms with E-state index in [9.17, 15) is 4.79 Å². The summed E-state index contributed by atoms with van der Waals surface area (Å²) in [6.45, 7) is 5.85. The number of nitrogens with one attached hydrogen (secondary N) is 2. The molecule has 144 valence electrons. The van der Waals surface area contributed by atoms with Gasteiger partial charge in [0.25, 0.3) is 5.91 Å². The van der Waals surface area contributed by atoms with Crippen molar-refractivity contribution in [3.8, 4) is 0 Å². The fourth-order valence-corrected chi connectivity index (χ4v) is 3.20. The molecule has 1 aromatic heterocycles. The van der Waals surface area contributed by atoms with E-state index < -0.39 is 0 Å². The fraction of sp³-hybridized carbons (Fsp3) is 0.389. The Labute approximate surface area is 168 Å². The minimum absolute atomic E-state index is 0.252. The molecule has 2 heterocycles. The van der Waals surface area contributed by atoms with Crippen LogP contribution in [0.5, 0.6) is 0 Å². The molecule has 27 heavy (non-hydrogen) atoms. The second-order valence-electron chi connectivity index (χ2n) is 6.10. The zero-order chi connectivity index (χ0) is 19.2. The van der Waals surface area contributed by atoms with Crippen LogP contribution >= 0.6 is 23.2 Å². The fourth-order valence-electron chi connectivity index (χ4n) is 2.70. The van der Waals surface area contributed by atoms with Gasteiger partial charge in [-0.25, -0.2) is 4.98 Å². The number of nitrogens with zero attached hydrogens (tertiary/aromatic N) is 3. The molecule has 2 N–H and O–H groups in total. The molecule has 0 saturated carbocycles. The molecule has 0 bridgehead atoms. The van der Waals surface area contributed by atoms with E-state index >= 15 is 0 Å². The lowest BCUT2D eigenvalue weighted by atomic mass is 10.2. The number of carbonyl (C=O) groups is 1. The Kier molecular flexibility index (Phi) is 6.71. The standard InChI is InChI=1S/C18H21Cl2N5O2/c1-12-10-16(25-6-8-27-9-7-25)24-18(23-12)22-5-4-21-17(26)14-3-2-13(19)11-15(14)20/h2-3,10-11H,4-9H2,1H3,(H,21,26)(H,22,23,24). The Morgan fingerprint density at radius 3 is 2.70 bits per heavy atom. The van der Waals surface area contributed by atoms with E-state index in [2.05, 4.69) is 25.5 Å². The molecule has 1 fully saturated rings. The predicted octanol–water partition coefficient (Wildman–Crippen LogP) is 2.77. The number of rotatable bonds is 6. The van der Waals surface area contributed by atoms with Crippen molar-refractivity contribution < 1.29 is 9.53 Å². The van der Waals surface area contributed by atoms with Gasteiger partial charge in [-0.15, -0.1) is 0 Å². The summed E-state index contributed by atoms with van der Waals surface area (Å²) in [5, 5.41) is 6.77. The predicted molar refractivity (Wildman–Crippen MR) is 107 cm³/mol. The first-order valence-corrected chi connectivity index (χ1v) is 9.44. The van der Waals surface area contributed by atoms with Gasteiger partial charge in [0.15, 0.2) is 0 Å². The first kappa shape index (κ1) is 19.7. The van der Waals surface area contributed by atoms with Crippen molar-refractivity contribution in [3.05, 3.63) is 45.6 Å². The normalized spacial score (nSPS) is 14.1. The number of aromatic nitrogens is 2. The summed E-state index contributed by atoms with van der Waals surface area (Å²) in [5.41, 5.74) is 1.27. The van der Waals surface area contributed by atoms with Crippen LogP contribution in [-0.4, -0.2) is 55.3 Å². The van der Waals surface area contributed by atoms with E-state index in [0.717, 1.165) is 24.6 Å². The molecule has 0 unspecified atom stereocenters. The van der Waals surface area contributed by atoms with Gasteiger partial charge in [0.1, 0.15) is 5.82 Å². The summed E-state index contributed by atoms with van der Waals surface area (Å²) in [7, 11) is 0. The van der Waals surface area contributed by atoms with Crippen molar-refractivity contribution in [3.63, 3.8) is 0 Å². The van der Waals surface area contributed by atoms with Crippen LogP contribution in [-0.2, 0) is 4.74 Å². The third-order valence-electron chi connectivity index (χ3n) is 4.05. The second kappa shape index (κ2) is 9.21. The van der Waals surface area contributed by atoms with E-state index in [1.165, 1.54) is 0 Å². The first-order chi connectivity index (χ1) is 13.0.